The van der Waals surface area contributed by atoms with Gasteiger partial charge in [0.2, 0.25) is 0 Å². The number of halogens is 1. The van der Waals surface area contributed by atoms with Gasteiger partial charge in [-0.15, -0.1) is 0 Å². The second-order valence-electron chi connectivity index (χ2n) is 4.97. The Bertz CT molecular complexity index is 858. The van der Waals surface area contributed by atoms with Crippen molar-refractivity contribution >= 4 is 33.2 Å². The van der Waals surface area contributed by atoms with Crippen LogP contribution < -0.4 is 5.32 Å². The smallest absolute Gasteiger partial charge is 0.335 e. The van der Waals surface area contributed by atoms with Gasteiger partial charge in [-0.25, -0.2) is 9.78 Å². The molecule has 1 aromatic carbocycles. The highest BCUT2D eigenvalue weighted by atomic mass is 79.9. The highest BCUT2D eigenvalue weighted by Crippen LogP contribution is 2.21. The third-order valence-electron chi connectivity index (χ3n) is 3.45. The summed E-state index contributed by atoms with van der Waals surface area (Å²) in [6.07, 6.45) is 1.95. The third-order valence-corrected chi connectivity index (χ3v) is 4.29. The van der Waals surface area contributed by atoms with Gasteiger partial charge in [0.15, 0.2) is 0 Å². The summed E-state index contributed by atoms with van der Waals surface area (Å²) in [5.74, 6) is -0.910. The lowest BCUT2D eigenvalue weighted by molar-refractivity contribution is 0.0696. The van der Waals surface area contributed by atoms with Crippen LogP contribution in [0.25, 0.3) is 5.65 Å². The Morgan fingerprint density at radius 3 is 2.86 bits per heavy atom. The number of carbonyl (C=O) groups is 1. The summed E-state index contributed by atoms with van der Waals surface area (Å²) in [7, 11) is 0. The van der Waals surface area contributed by atoms with Crippen LogP contribution in [0, 0.1) is 6.92 Å². The van der Waals surface area contributed by atoms with E-state index in [-0.39, 0.29) is 0 Å². The van der Waals surface area contributed by atoms with Gasteiger partial charge in [0, 0.05) is 11.9 Å². The average Bonchev–Trinajstić information content (AvgIpc) is 2.82. The molecule has 5 nitrogen and oxygen atoms in total. The quantitative estimate of drug-likeness (QED) is 0.744. The fourth-order valence-electron chi connectivity index (χ4n) is 2.33. The van der Waals surface area contributed by atoms with Crippen molar-refractivity contribution in [2.45, 2.75) is 13.5 Å². The van der Waals surface area contributed by atoms with E-state index < -0.39 is 5.97 Å². The number of pyridine rings is 1. The number of carboxylic acid groups (broad SMARTS) is 1. The maximum atomic E-state index is 11.0. The molecule has 2 N–H and O–H groups in total. The molecule has 0 unspecified atom stereocenters. The van der Waals surface area contributed by atoms with E-state index in [1.54, 1.807) is 19.1 Å². The zero-order chi connectivity index (χ0) is 15.7. The molecule has 6 heteroatoms. The number of rotatable bonds is 4. The maximum absolute atomic E-state index is 11.0. The van der Waals surface area contributed by atoms with Crippen LogP contribution in [-0.4, -0.2) is 20.5 Å². The van der Waals surface area contributed by atoms with Gasteiger partial charge in [-0.3, -0.25) is 4.40 Å². The number of anilines is 1. The van der Waals surface area contributed by atoms with Gasteiger partial charge >= 0.3 is 5.97 Å². The molecule has 0 spiro atoms. The van der Waals surface area contributed by atoms with Gasteiger partial charge in [-0.1, -0.05) is 6.07 Å². The first-order valence-electron chi connectivity index (χ1n) is 6.75. The summed E-state index contributed by atoms with van der Waals surface area (Å²) < 4.78 is 2.88. The molecule has 0 fully saturated rings. The Morgan fingerprint density at radius 1 is 1.36 bits per heavy atom. The van der Waals surface area contributed by atoms with Crippen molar-refractivity contribution in [2.75, 3.05) is 5.32 Å². The predicted octanol–water partition coefficient (Wildman–Crippen LogP) is 3.72. The summed E-state index contributed by atoms with van der Waals surface area (Å²) in [6, 6.07) is 11.0. The zero-order valence-electron chi connectivity index (χ0n) is 11.9. The van der Waals surface area contributed by atoms with Crippen LogP contribution in [0.5, 0.6) is 0 Å². The Labute approximate surface area is 135 Å². The minimum Gasteiger partial charge on any atom is -0.478 e. The molecule has 0 bridgehead atoms. The SMILES string of the molecule is Cc1cc(NCc2nc3ccccn3c2Br)ccc1C(=O)O. The predicted molar refractivity (Wildman–Crippen MR) is 88.4 cm³/mol. The largest absolute Gasteiger partial charge is 0.478 e. The first kappa shape index (κ1) is 14.6. The lowest BCUT2D eigenvalue weighted by Gasteiger charge is -2.08. The number of aryl methyl sites for hydroxylation is 1. The maximum Gasteiger partial charge on any atom is 0.335 e. The second kappa shape index (κ2) is 5.81. The average molecular weight is 360 g/mol. The molecule has 0 saturated heterocycles. The Kier molecular flexibility index (Phi) is 3.85. The van der Waals surface area contributed by atoms with Crippen LogP contribution in [-0.2, 0) is 6.54 Å². The fourth-order valence-corrected chi connectivity index (χ4v) is 2.86. The molecule has 0 aliphatic heterocycles. The molecule has 0 aliphatic rings. The standard InChI is InChI=1S/C16H14BrN3O2/c1-10-8-11(5-6-12(10)16(21)22)18-9-13-15(17)20-7-3-2-4-14(20)19-13/h2-8,18H,9H2,1H3,(H,21,22). The van der Waals surface area contributed by atoms with E-state index >= 15 is 0 Å². The van der Waals surface area contributed by atoms with Gasteiger partial charge in [-0.2, -0.15) is 0 Å². The molecule has 0 atom stereocenters. The first-order chi connectivity index (χ1) is 10.6. The van der Waals surface area contributed by atoms with Crippen molar-refractivity contribution < 1.29 is 9.90 Å². The van der Waals surface area contributed by atoms with E-state index in [9.17, 15) is 4.79 Å². The van der Waals surface area contributed by atoms with E-state index in [0.29, 0.717) is 12.1 Å². The minimum atomic E-state index is -0.910. The summed E-state index contributed by atoms with van der Waals surface area (Å²) in [4.78, 5) is 15.6. The topological polar surface area (TPSA) is 66.6 Å². The zero-order valence-corrected chi connectivity index (χ0v) is 13.5. The first-order valence-corrected chi connectivity index (χ1v) is 7.55. The number of hydrogen-bond donors (Lipinski definition) is 2. The molecule has 0 amide bonds. The summed E-state index contributed by atoms with van der Waals surface area (Å²) in [6.45, 7) is 2.34. The van der Waals surface area contributed by atoms with Gasteiger partial charge in [0.1, 0.15) is 10.3 Å². The third kappa shape index (κ3) is 2.69. The lowest BCUT2D eigenvalue weighted by Crippen LogP contribution is -2.03. The number of hydrogen-bond acceptors (Lipinski definition) is 3. The molecular formula is C16H14BrN3O2. The molecule has 0 saturated carbocycles. The Balaban J connectivity index is 1.81. The van der Waals surface area contributed by atoms with E-state index in [0.717, 1.165) is 27.2 Å². The molecule has 3 aromatic rings. The van der Waals surface area contributed by atoms with Crippen molar-refractivity contribution in [3.8, 4) is 0 Å². The monoisotopic (exact) mass is 359 g/mol. The van der Waals surface area contributed by atoms with Gasteiger partial charge in [0.25, 0.3) is 0 Å². The molecule has 0 radical (unpaired) electrons. The van der Waals surface area contributed by atoms with Gasteiger partial charge in [-0.05, 0) is 58.7 Å². The Hall–Kier alpha value is -2.34. The number of imidazole rings is 1. The number of aromatic carboxylic acids is 1. The van der Waals surface area contributed by atoms with Crippen LogP contribution in [0.1, 0.15) is 21.6 Å². The fraction of sp³-hybridized carbons (Fsp3) is 0.125. The molecule has 22 heavy (non-hydrogen) atoms. The number of aromatic nitrogens is 2. The summed E-state index contributed by atoms with van der Waals surface area (Å²) >= 11 is 3.55. The molecular weight excluding hydrogens is 346 g/mol. The van der Waals surface area contributed by atoms with Crippen molar-refractivity contribution in [3.63, 3.8) is 0 Å². The van der Waals surface area contributed by atoms with Crippen LogP contribution in [0.15, 0.2) is 47.2 Å². The van der Waals surface area contributed by atoms with Crippen molar-refractivity contribution in [3.05, 3.63) is 64.0 Å². The van der Waals surface area contributed by atoms with Crippen LogP contribution >= 0.6 is 15.9 Å². The number of fused-ring (bicyclic) bond motifs is 1. The van der Waals surface area contributed by atoms with E-state index in [1.807, 2.05) is 34.9 Å². The second-order valence-corrected chi connectivity index (χ2v) is 5.72. The van der Waals surface area contributed by atoms with E-state index in [4.69, 9.17) is 5.11 Å². The van der Waals surface area contributed by atoms with Crippen LogP contribution in [0.3, 0.4) is 0 Å². The van der Waals surface area contributed by atoms with Crippen molar-refractivity contribution in [2.24, 2.45) is 0 Å². The highest BCUT2D eigenvalue weighted by molar-refractivity contribution is 9.10. The number of benzene rings is 1. The molecule has 0 aliphatic carbocycles. The summed E-state index contributed by atoms with van der Waals surface area (Å²) in [5, 5.41) is 12.3. The van der Waals surface area contributed by atoms with Gasteiger partial charge in [0.05, 0.1) is 17.8 Å². The van der Waals surface area contributed by atoms with Crippen LogP contribution in [0.4, 0.5) is 5.69 Å². The van der Waals surface area contributed by atoms with Crippen molar-refractivity contribution in [1.82, 2.24) is 9.38 Å². The molecule has 3 rings (SSSR count). The normalized spacial score (nSPS) is 10.8. The summed E-state index contributed by atoms with van der Waals surface area (Å²) in [5.41, 5.74) is 3.69. The number of nitrogens with one attached hydrogen (secondary N) is 1. The molecule has 2 aromatic heterocycles. The van der Waals surface area contributed by atoms with Gasteiger partial charge < -0.3 is 10.4 Å². The van der Waals surface area contributed by atoms with Crippen LogP contribution in [0.2, 0.25) is 0 Å². The number of carboxylic acids is 1. The number of nitrogens with zero attached hydrogens (tertiary/aromatic N) is 2. The van der Waals surface area contributed by atoms with E-state index in [2.05, 4.69) is 26.2 Å². The Morgan fingerprint density at radius 2 is 2.18 bits per heavy atom. The van der Waals surface area contributed by atoms with E-state index in [1.165, 1.54) is 0 Å². The molecule has 2 heterocycles. The van der Waals surface area contributed by atoms with Crippen molar-refractivity contribution in [1.29, 1.82) is 0 Å². The highest BCUT2D eigenvalue weighted by Gasteiger charge is 2.10. The minimum absolute atomic E-state index is 0.319. The lowest BCUT2D eigenvalue weighted by atomic mass is 10.1. The molecule has 112 valence electrons.